The van der Waals surface area contributed by atoms with Crippen LogP contribution in [0.3, 0.4) is 0 Å². The van der Waals surface area contributed by atoms with Gasteiger partial charge in [0.1, 0.15) is 11.9 Å². The van der Waals surface area contributed by atoms with Crippen molar-refractivity contribution in [1.29, 1.82) is 0 Å². The van der Waals surface area contributed by atoms with Gasteiger partial charge in [0, 0.05) is 0 Å². The topological polar surface area (TPSA) is 113 Å². The summed E-state index contributed by atoms with van der Waals surface area (Å²) in [4.78, 5) is 24.2. The normalized spacial score (nSPS) is 12.2. The number of amides is 1. The van der Waals surface area contributed by atoms with E-state index < -0.39 is 23.7 Å². The second kappa shape index (κ2) is 7.13. The van der Waals surface area contributed by atoms with Gasteiger partial charge in [0.15, 0.2) is 5.82 Å². The Labute approximate surface area is 137 Å². The standard InChI is InChI=1S/C14H17FN6O3/c1-8(14(23)24)20(3)7-13(22)16-12-6-10(4-5-11(12)15)21-9(2)17-18-19-21/h4-6,8H,7H2,1-3H3,(H,16,22)(H,23,24). The highest BCUT2D eigenvalue weighted by molar-refractivity contribution is 5.93. The largest absolute Gasteiger partial charge is 0.480 e. The summed E-state index contributed by atoms with van der Waals surface area (Å²) in [6.07, 6.45) is 0. The van der Waals surface area contributed by atoms with Crippen LogP contribution in [0.15, 0.2) is 18.2 Å². The number of anilines is 1. The van der Waals surface area contributed by atoms with Crippen LogP contribution in [0.2, 0.25) is 0 Å². The molecule has 10 heteroatoms. The maximum atomic E-state index is 13.9. The van der Waals surface area contributed by atoms with Crippen LogP contribution in [-0.2, 0) is 9.59 Å². The van der Waals surface area contributed by atoms with E-state index in [2.05, 4.69) is 20.8 Å². The number of aryl methyl sites for hydroxylation is 1. The Morgan fingerprint density at radius 2 is 2.17 bits per heavy atom. The third-order valence-corrected chi connectivity index (χ3v) is 3.51. The Hall–Kier alpha value is -2.88. The molecule has 1 amide bonds. The summed E-state index contributed by atoms with van der Waals surface area (Å²) in [5.41, 5.74) is 0.449. The number of carboxylic acid groups (broad SMARTS) is 1. The molecule has 0 aliphatic heterocycles. The molecule has 1 unspecified atom stereocenters. The molecule has 128 valence electrons. The zero-order valence-electron chi connectivity index (χ0n) is 13.4. The Morgan fingerprint density at radius 1 is 1.46 bits per heavy atom. The van der Waals surface area contributed by atoms with Gasteiger partial charge in [-0.1, -0.05) is 0 Å². The van der Waals surface area contributed by atoms with Crippen molar-refractivity contribution >= 4 is 17.6 Å². The predicted molar refractivity (Wildman–Crippen MR) is 82.2 cm³/mol. The monoisotopic (exact) mass is 336 g/mol. The number of nitrogens with zero attached hydrogens (tertiary/aromatic N) is 5. The molecule has 0 saturated heterocycles. The van der Waals surface area contributed by atoms with Gasteiger partial charge in [-0.3, -0.25) is 14.5 Å². The van der Waals surface area contributed by atoms with E-state index in [0.29, 0.717) is 11.5 Å². The number of halogens is 1. The molecule has 2 aromatic rings. The van der Waals surface area contributed by atoms with Crippen molar-refractivity contribution in [2.75, 3.05) is 18.9 Å². The molecule has 0 aliphatic carbocycles. The molecule has 2 rings (SSSR count). The molecule has 1 heterocycles. The first-order valence-corrected chi connectivity index (χ1v) is 7.07. The summed E-state index contributed by atoms with van der Waals surface area (Å²) in [5.74, 6) is -1.69. The molecule has 1 aromatic carbocycles. The van der Waals surface area contributed by atoms with Crippen molar-refractivity contribution in [3.05, 3.63) is 29.8 Å². The molecule has 1 atom stereocenters. The van der Waals surface area contributed by atoms with Gasteiger partial charge in [-0.15, -0.1) is 5.10 Å². The van der Waals surface area contributed by atoms with Crippen LogP contribution in [0.5, 0.6) is 0 Å². The highest BCUT2D eigenvalue weighted by Gasteiger charge is 2.19. The summed E-state index contributed by atoms with van der Waals surface area (Å²) in [5, 5.41) is 22.4. The minimum atomic E-state index is -1.05. The summed E-state index contributed by atoms with van der Waals surface area (Å²) in [6, 6.07) is 3.23. The summed E-state index contributed by atoms with van der Waals surface area (Å²) < 4.78 is 15.3. The van der Waals surface area contributed by atoms with Crippen LogP contribution in [0.1, 0.15) is 12.7 Å². The van der Waals surface area contributed by atoms with Crippen molar-refractivity contribution in [2.45, 2.75) is 19.9 Å². The molecule has 9 nitrogen and oxygen atoms in total. The van der Waals surface area contributed by atoms with E-state index in [1.807, 2.05) is 0 Å². The number of rotatable bonds is 6. The molecule has 0 saturated carbocycles. The molecular formula is C14H17FN6O3. The molecule has 1 aromatic heterocycles. The number of nitrogens with one attached hydrogen (secondary N) is 1. The Balaban J connectivity index is 2.13. The summed E-state index contributed by atoms with van der Waals surface area (Å²) >= 11 is 0. The van der Waals surface area contributed by atoms with E-state index in [1.165, 1.54) is 41.8 Å². The second-order valence-electron chi connectivity index (χ2n) is 5.28. The van der Waals surface area contributed by atoms with Crippen LogP contribution in [0.4, 0.5) is 10.1 Å². The minimum absolute atomic E-state index is 0.0382. The predicted octanol–water partition coefficient (Wildman–Crippen LogP) is 0.453. The summed E-state index contributed by atoms with van der Waals surface area (Å²) in [7, 11) is 1.50. The van der Waals surface area contributed by atoms with Crippen molar-refractivity contribution in [3.63, 3.8) is 0 Å². The molecule has 24 heavy (non-hydrogen) atoms. The number of likely N-dealkylation sites (N-methyl/N-ethyl adjacent to an activating group) is 1. The number of hydrogen-bond donors (Lipinski definition) is 2. The minimum Gasteiger partial charge on any atom is -0.480 e. The molecule has 0 fully saturated rings. The molecule has 0 bridgehead atoms. The first-order valence-electron chi connectivity index (χ1n) is 7.07. The average Bonchev–Trinajstić information content (AvgIpc) is 2.94. The lowest BCUT2D eigenvalue weighted by Crippen LogP contribution is -2.40. The lowest BCUT2D eigenvalue weighted by Gasteiger charge is -2.20. The van der Waals surface area contributed by atoms with E-state index in [0.717, 1.165) is 0 Å². The average molecular weight is 336 g/mol. The fourth-order valence-corrected chi connectivity index (χ4v) is 1.95. The maximum absolute atomic E-state index is 13.9. The summed E-state index contributed by atoms with van der Waals surface area (Å²) in [6.45, 7) is 2.95. The number of aliphatic carboxylic acids is 1. The van der Waals surface area contributed by atoms with Gasteiger partial charge >= 0.3 is 5.97 Å². The van der Waals surface area contributed by atoms with Gasteiger partial charge in [-0.2, -0.15) is 4.68 Å². The third kappa shape index (κ3) is 3.90. The van der Waals surface area contributed by atoms with E-state index in [4.69, 9.17) is 5.11 Å². The van der Waals surface area contributed by atoms with Crippen molar-refractivity contribution in [3.8, 4) is 5.69 Å². The van der Waals surface area contributed by atoms with E-state index in [-0.39, 0.29) is 12.2 Å². The van der Waals surface area contributed by atoms with Crippen molar-refractivity contribution < 1.29 is 19.1 Å². The van der Waals surface area contributed by atoms with Crippen LogP contribution in [0, 0.1) is 12.7 Å². The van der Waals surface area contributed by atoms with Gasteiger partial charge < -0.3 is 10.4 Å². The smallest absolute Gasteiger partial charge is 0.320 e. The number of carbonyl (C=O) groups is 2. The first kappa shape index (κ1) is 17.5. The van der Waals surface area contributed by atoms with Gasteiger partial charge in [0.2, 0.25) is 5.91 Å². The van der Waals surface area contributed by atoms with Gasteiger partial charge in [0.05, 0.1) is 17.9 Å². The lowest BCUT2D eigenvalue weighted by molar-refractivity contribution is -0.142. The Bertz CT molecular complexity index is 763. The number of hydrogen-bond acceptors (Lipinski definition) is 6. The molecule has 0 radical (unpaired) electrons. The van der Waals surface area contributed by atoms with E-state index >= 15 is 0 Å². The fourth-order valence-electron chi connectivity index (χ4n) is 1.95. The maximum Gasteiger partial charge on any atom is 0.320 e. The highest BCUT2D eigenvalue weighted by Crippen LogP contribution is 2.19. The zero-order valence-corrected chi connectivity index (χ0v) is 13.4. The number of carboxylic acids is 1. The van der Waals surface area contributed by atoms with Gasteiger partial charge in [-0.25, -0.2) is 4.39 Å². The van der Waals surface area contributed by atoms with E-state index in [9.17, 15) is 14.0 Å². The number of carbonyl (C=O) groups excluding carboxylic acids is 1. The SMILES string of the molecule is Cc1nnnn1-c1ccc(F)c(NC(=O)CN(C)C(C)C(=O)O)c1. The lowest BCUT2D eigenvalue weighted by atomic mass is 10.2. The fraction of sp³-hybridized carbons (Fsp3) is 0.357. The van der Waals surface area contributed by atoms with Crippen LogP contribution < -0.4 is 5.32 Å². The molecule has 0 aliphatic rings. The number of tetrazole rings is 1. The highest BCUT2D eigenvalue weighted by atomic mass is 19.1. The van der Waals surface area contributed by atoms with Crippen molar-refractivity contribution in [2.24, 2.45) is 0 Å². The number of benzene rings is 1. The van der Waals surface area contributed by atoms with E-state index in [1.54, 1.807) is 6.92 Å². The zero-order chi connectivity index (χ0) is 17.9. The van der Waals surface area contributed by atoms with Crippen LogP contribution >= 0.6 is 0 Å². The van der Waals surface area contributed by atoms with Crippen LogP contribution in [-0.4, -0.2) is 61.7 Å². The first-order chi connectivity index (χ1) is 11.3. The quantitative estimate of drug-likeness (QED) is 0.787. The Kier molecular flexibility index (Phi) is 5.19. The molecular weight excluding hydrogens is 319 g/mol. The van der Waals surface area contributed by atoms with Gasteiger partial charge in [-0.05, 0) is 49.5 Å². The molecule has 0 spiro atoms. The third-order valence-electron chi connectivity index (χ3n) is 3.51. The van der Waals surface area contributed by atoms with Gasteiger partial charge in [0.25, 0.3) is 0 Å². The Morgan fingerprint density at radius 3 is 2.75 bits per heavy atom. The van der Waals surface area contributed by atoms with Crippen LogP contribution in [0.25, 0.3) is 5.69 Å². The second-order valence-corrected chi connectivity index (χ2v) is 5.28. The molecule has 2 N–H and O–H groups in total. The number of aromatic nitrogens is 4. The van der Waals surface area contributed by atoms with Crippen molar-refractivity contribution in [1.82, 2.24) is 25.1 Å².